The molecule has 1 saturated heterocycles. The van der Waals surface area contributed by atoms with Gasteiger partial charge in [0.25, 0.3) is 0 Å². The quantitative estimate of drug-likeness (QED) is 0.116. The number of methoxy groups -OCH3 is 1. The summed E-state index contributed by atoms with van der Waals surface area (Å²) in [6.07, 6.45) is -0.553. The minimum Gasteiger partial charge on any atom is -0.391 e. The number of piperidine rings is 1. The Morgan fingerprint density at radius 2 is 1.20 bits per heavy atom. The molecular weight excluding hydrogens is 606 g/mol. The van der Waals surface area contributed by atoms with Crippen molar-refractivity contribution < 1.29 is 19.3 Å². The molecule has 5 heteroatoms. The first-order valence-corrected chi connectivity index (χ1v) is 17.5. The van der Waals surface area contributed by atoms with Crippen LogP contribution in [0.4, 0.5) is 0 Å². The number of rotatable bonds is 15. The van der Waals surface area contributed by atoms with E-state index in [1.54, 1.807) is 7.11 Å². The summed E-state index contributed by atoms with van der Waals surface area (Å²) in [7, 11) is 1.72. The topological polar surface area (TPSA) is 51.2 Å². The lowest BCUT2D eigenvalue weighted by Gasteiger charge is -2.44. The molecule has 0 radical (unpaired) electrons. The Bertz CT molecular complexity index is 1570. The number of hydrogen-bond donors (Lipinski definition) is 1. The molecule has 0 amide bonds. The Morgan fingerprint density at radius 3 is 1.73 bits per heavy atom. The monoisotopic (exact) mass is 655 g/mol. The molecular formula is C44H49NO4. The average molecular weight is 656 g/mol. The molecule has 0 spiro atoms. The van der Waals surface area contributed by atoms with E-state index in [0.717, 1.165) is 40.9 Å². The van der Waals surface area contributed by atoms with Crippen molar-refractivity contribution in [2.24, 2.45) is 11.8 Å². The zero-order valence-corrected chi connectivity index (χ0v) is 28.7. The third-order valence-electron chi connectivity index (χ3n) is 9.65. The van der Waals surface area contributed by atoms with Gasteiger partial charge in [-0.15, -0.1) is 0 Å². The Balaban J connectivity index is 1.32. The van der Waals surface area contributed by atoms with Crippen molar-refractivity contribution in [3.63, 3.8) is 0 Å². The number of likely N-dealkylation sites (tertiary alicyclic amines) is 1. The molecule has 0 saturated carbocycles. The Morgan fingerprint density at radius 1 is 0.673 bits per heavy atom. The van der Waals surface area contributed by atoms with Crippen molar-refractivity contribution in [1.29, 1.82) is 0 Å². The summed E-state index contributed by atoms with van der Waals surface area (Å²) < 4.78 is 18.6. The van der Waals surface area contributed by atoms with Gasteiger partial charge in [0.1, 0.15) is 5.60 Å². The van der Waals surface area contributed by atoms with Crippen LogP contribution in [-0.2, 0) is 33.0 Å². The molecule has 1 aliphatic rings. The molecule has 0 aliphatic carbocycles. The molecule has 6 rings (SSSR count). The fraction of sp³-hybridized carbons (Fsp3) is 0.318. The van der Waals surface area contributed by atoms with E-state index in [4.69, 9.17) is 14.2 Å². The minimum absolute atomic E-state index is 0.0277. The van der Waals surface area contributed by atoms with Crippen LogP contribution in [-0.4, -0.2) is 56.1 Å². The van der Waals surface area contributed by atoms with Crippen molar-refractivity contribution in [2.45, 2.75) is 37.7 Å². The van der Waals surface area contributed by atoms with E-state index in [1.807, 2.05) is 24.3 Å². The summed E-state index contributed by atoms with van der Waals surface area (Å²) in [5, 5.41) is 11.9. The van der Waals surface area contributed by atoms with Gasteiger partial charge in [0, 0.05) is 44.5 Å². The predicted octanol–water partition coefficient (Wildman–Crippen LogP) is 8.07. The number of ether oxygens (including phenoxy) is 3. The zero-order chi connectivity index (χ0) is 33.9. The lowest BCUT2D eigenvalue weighted by atomic mass is 9.77. The van der Waals surface area contributed by atoms with E-state index >= 15 is 0 Å². The number of nitrogens with zero attached hydrogens (tertiary/aromatic N) is 1. The van der Waals surface area contributed by atoms with Gasteiger partial charge in [-0.1, -0.05) is 153 Å². The normalized spacial score (nSPS) is 19.0. The molecule has 254 valence electrons. The fourth-order valence-electron chi connectivity index (χ4n) is 7.38. The van der Waals surface area contributed by atoms with Gasteiger partial charge < -0.3 is 19.3 Å². The number of hydrogen-bond acceptors (Lipinski definition) is 5. The van der Waals surface area contributed by atoms with E-state index in [1.165, 1.54) is 5.56 Å². The van der Waals surface area contributed by atoms with Crippen LogP contribution >= 0.6 is 0 Å². The van der Waals surface area contributed by atoms with E-state index in [-0.39, 0.29) is 11.8 Å². The number of benzene rings is 5. The summed E-state index contributed by atoms with van der Waals surface area (Å²) in [5.41, 5.74) is 5.88. The molecule has 5 aromatic rings. The molecule has 5 aromatic carbocycles. The third-order valence-corrected chi connectivity index (χ3v) is 9.65. The van der Waals surface area contributed by atoms with Crippen molar-refractivity contribution in [3.8, 4) is 0 Å². The third kappa shape index (κ3) is 8.56. The molecule has 0 aromatic heterocycles. The van der Waals surface area contributed by atoms with E-state index in [9.17, 15) is 5.11 Å². The molecule has 1 N–H and O–H groups in total. The Hall–Kier alpha value is -4.10. The predicted molar refractivity (Wildman–Crippen MR) is 196 cm³/mol. The second-order valence-corrected chi connectivity index (χ2v) is 13.4. The molecule has 1 fully saturated rings. The molecule has 1 heterocycles. The molecule has 5 nitrogen and oxygen atoms in total. The highest BCUT2D eigenvalue weighted by atomic mass is 16.5. The first kappa shape index (κ1) is 34.8. The van der Waals surface area contributed by atoms with Crippen LogP contribution in [0.25, 0.3) is 0 Å². The van der Waals surface area contributed by atoms with Crippen molar-refractivity contribution in [1.82, 2.24) is 4.90 Å². The van der Waals surface area contributed by atoms with Gasteiger partial charge in [-0.3, -0.25) is 4.90 Å². The highest BCUT2D eigenvalue weighted by Gasteiger charge is 2.42. The molecule has 49 heavy (non-hydrogen) atoms. The molecule has 4 atom stereocenters. The van der Waals surface area contributed by atoms with Gasteiger partial charge in [-0.25, -0.2) is 0 Å². The smallest absolute Gasteiger partial charge is 0.143 e. The molecule has 1 aliphatic heterocycles. The van der Waals surface area contributed by atoms with Gasteiger partial charge in [-0.2, -0.15) is 0 Å². The highest BCUT2D eigenvalue weighted by Crippen LogP contribution is 2.43. The summed E-state index contributed by atoms with van der Waals surface area (Å²) in [6, 6.07) is 50.7. The van der Waals surface area contributed by atoms with Crippen LogP contribution in [0.1, 0.15) is 46.2 Å². The van der Waals surface area contributed by atoms with Gasteiger partial charge in [0.15, 0.2) is 0 Å². The number of aliphatic hydroxyl groups excluding tert-OH is 1. The fourth-order valence-corrected chi connectivity index (χ4v) is 7.38. The maximum Gasteiger partial charge on any atom is 0.143 e. The van der Waals surface area contributed by atoms with Gasteiger partial charge >= 0.3 is 0 Å². The maximum absolute atomic E-state index is 11.9. The van der Waals surface area contributed by atoms with Crippen LogP contribution in [0.2, 0.25) is 0 Å². The SMILES string of the molecule is COC[C@H](C)COCc1ccc(C2C(O)CN(Cc3ccccc3)CC2COC(c2ccccc2)(c2ccccc2)c2ccccc2)cc1. The molecule has 3 unspecified atom stereocenters. The first-order chi connectivity index (χ1) is 24.1. The average Bonchev–Trinajstić information content (AvgIpc) is 3.14. The summed E-state index contributed by atoms with van der Waals surface area (Å²) in [4.78, 5) is 2.38. The summed E-state index contributed by atoms with van der Waals surface area (Å²) in [5.74, 6) is 0.278. The van der Waals surface area contributed by atoms with Crippen molar-refractivity contribution in [3.05, 3.63) is 179 Å². The first-order valence-electron chi connectivity index (χ1n) is 17.5. The second-order valence-electron chi connectivity index (χ2n) is 13.4. The number of β-amino-alcohol motifs (C(OH)–C–C–N with tert-alkyl or cyclic N) is 1. The van der Waals surface area contributed by atoms with Crippen LogP contribution in [0.15, 0.2) is 146 Å². The molecule has 0 bridgehead atoms. The maximum atomic E-state index is 11.9. The largest absolute Gasteiger partial charge is 0.391 e. The van der Waals surface area contributed by atoms with Crippen molar-refractivity contribution in [2.75, 3.05) is 40.0 Å². The van der Waals surface area contributed by atoms with Crippen LogP contribution in [0, 0.1) is 11.8 Å². The van der Waals surface area contributed by atoms with E-state index < -0.39 is 11.7 Å². The lowest BCUT2D eigenvalue weighted by Crippen LogP contribution is -2.50. The Labute approximate surface area is 292 Å². The van der Waals surface area contributed by atoms with Gasteiger partial charge in [0.2, 0.25) is 0 Å². The van der Waals surface area contributed by atoms with Crippen LogP contribution in [0.3, 0.4) is 0 Å². The minimum atomic E-state index is -0.831. The summed E-state index contributed by atoms with van der Waals surface area (Å²) in [6.45, 7) is 6.64. The zero-order valence-electron chi connectivity index (χ0n) is 28.7. The van der Waals surface area contributed by atoms with Gasteiger partial charge in [0.05, 0.1) is 32.5 Å². The number of aliphatic hydroxyl groups is 1. The van der Waals surface area contributed by atoms with Gasteiger partial charge in [-0.05, 0) is 33.4 Å². The highest BCUT2D eigenvalue weighted by molar-refractivity contribution is 5.47. The van der Waals surface area contributed by atoms with E-state index in [0.29, 0.717) is 38.9 Å². The van der Waals surface area contributed by atoms with E-state index in [2.05, 4.69) is 133 Å². The lowest BCUT2D eigenvalue weighted by molar-refractivity contribution is -0.0570. The van der Waals surface area contributed by atoms with Crippen LogP contribution < -0.4 is 0 Å². The second kappa shape index (κ2) is 17.0. The van der Waals surface area contributed by atoms with Crippen LogP contribution in [0.5, 0.6) is 0 Å². The summed E-state index contributed by atoms with van der Waals surface area (Å²) >= 11 is 0. The van der Waals surface area contributed by atoms with Crippen molar-refractivity contribution >= 4 is 0 Å². The standard InChI is InChI=1S/C44H49NO4/c1-34(30-47-2)31-48-32-36-23-25-37(26-24-36)43-38(28-45(29-42(43)46)27-35-15-7-3-8-16-35)33-49-44(39-17-9-4-10-18-39,40-19-11-5-12-20-40)41-21-13-6-14-22-41/h3-26,34,38,42-43,46H,27-33H2,1-2H3/t34-,38?,42?,43?/m0/s1. The Kier molecular flexibility index (Phi) is 12.1.